The molecule has 0 saturated heterocycles. The highest BCUT2D eigenvalue weighted by atomic mass is 32.2. The smallest absolute Gasteiger partial charge is 0.0492 e. The first-order valence-corrected chi connectivity index (χ1v) is 6.67. The SMILES string of the molecule is C[C@H](N)[C@H](Sc1ccccc1)c1ccccc1. The van der Waals surface area contributed by atoms with Crippen LogP contribution in [0.4, 0.5) is 0 Å². The summed E-state index contributed by atoms with van der Waals surface area (Å²) in [4.78, 5) is 1.26. The van der Waals surface area contributed by atoms with Crippen molar-refractivity contribution in [1.29, 1.82) is 0 Å². The minimum atomic E-state index is 0.127. The van der Waals surface area contributed by atoms with E-state index in [2.05, 4.69) is 55.5 Å². The lowest BCUT2D eigenvalue weighted by atomic mass is 10.1. The van der Waals surface area contributed by atoms with Crippen LogP contribution >= 0.6 is 11.8 Å². The van der Waals surface area contributed by atoms with Gasteiger partial charge in [-0.1, -0.05) is 48.5 Å². The molecule has 88 valence electrons. The van der Waals surface area contributed by atoms with E-state index in [-0.39, 0.29) is 6.04 Å². The Balaban J connectivity index is 2.20. The van der Waals surface area contributed by atoms with E-state index >= 15 is 0 Å². The van der Waals surface area contributed by atoms with Crippen LogP contribution < -0.4 is 5.73 Å². The van der Waals surface area contributed by atoms with E-state index in [1.165, 1.54) is 10.5 Å². The van der Waals surface area contributed by atoms with Gasteiger partial charge in [-0.3, -0.25) is 0 Å². The molecule has 0 bridgehead atoms. The van der Waals surface area contributed by atoms with E-state index in [1.54, 1.807) is 0 Å². The maximum absolute atomic E-state index is 6.10. The molecule has 2 heteroatoms. The molecule has 0 spiro atoms. The normalized spacial score (nSPS) is 14.2. The molecule has 2 N–H and O–H groups in total. The number of thioether (sulfide) groups is 1. The Morgan fingerprint density at radius 2 is 1.41 bits per heavy atom. The van der Waals surface area contributed by atoms with Crippen molar-refractivity contribution in [2.24, 2.45) is 5.73 Å². The molecule has 0 amide bonds. The Hall–Kier alpha value is -1.25. The maximum Gasteiger partial charge on any atom is 0.0492 e. The molecule has 0 aliphatic heterocycles. The highest BCUT2D eigenvalue weighted by molar-refractivity contribution is 7.99. The molecular formula is C15H17NS. The lowest BCUT2D eigenvalue weighted by molar-refractivity contribution is 0.721. The van der Waals surface area contributed by atoms with Gasteiger partial charge in [-0.05, 0) is 24.6 Å². The third-order valence-corrected chi connectivity index (χ3v) is 4.11. The van der Waals surface area contributed by atoms with E-state index in [1.807, 2.05) is 23.9 Å². The van der Waals surface area contributed by atoms with Crippen molar-refractivity contribution >= 4 is 11.8 Å². The molecule has 0 fully saturated rings. The molecule has 0 aliphatic carbocycles. The summed E-state index contributed by atoms with van der Waals surface area (Å²) in [6.45, 7) is 2.06. The van der Waals surface area contributed by atoms with Gasteiger partial charge >= 0.3 is 0 Å². The van der Waals surface area contributed by atoms with Gasteiger partial charge in [0.25, 0.3) is 0 Å². The van der Waals surface area contributed by atoms with Crippen molar-refractivity contribution < 1.29 is 0 Å². The van der Waals surface area contributed by atoms with Gasteiger partial charge in [0.05, 0.1) is 0 Å². The van der Waals surface area contributed by atoms with Crippen LogP contribution in [0.15, 0.2) is 65.6 Å². The maximum atomic E-state index is 6.10. The number of rotatable bonds is 4. The quantitative estimate of drug-likeness (QED) is 0.825. The van der Waals surface area contributed by atoms with Crippen LogP contribution in [-0.2, 0) is 0 Å². The van der Waals surface area contributed by atoms with Crippen molar-refractivity contribution in [2.45, 2.75) is 23.1 Å². The van der Waals surface area contributed by atoms with Gasteiger partial charge in [-0.2, -0.15) is 0 Å². The van der Waals surface area contributed by atoms with E-state index in [0.717, 1.165) is 0 Å². The molecule has 0 radical (unpaired) electrons. The van der Waals surface area contributed by atoms with Crippen LogP contribution in [-0.4, -0.2) is 6.04 Å². The topological polar surface area (TPSA) is 26.0 Å². The number of nitrogens with two attached hydrogens (primary N) is 1. The molecule has 0 aliphatic rings. The Kier molecular flexibility index (Phi) is 4.24. The zero-order valence-corrected chi connectivity index (χ0v) is 10.7. The van der Waals surface area contributed by atoms with Crippen molar-refractivity contribution in [2.75, 3.05) is 0 Å². The first kappa shape index (κ1) is 12.2. The van der Waals surface area contributed by atoms with Crippen molar-refractivity contribution in [3.8, 4) is 0 Å². The molecule has 2 atom stereocenters. The van der Waals surface area contributed by atoms with E-state index in [0.29, 0.717) is 5.25 Å². The molecule has 0 heterocycles. The summed E-state index contributed by atoms with van der Waals surface area (Å²) in [6.07, 6.45) is 0. The zero-order chi connectivity index (χ0) is 12.1. The molecule has 2 rings (SSSR count). The highest BCUT2D eigenvalue weighted by Crippen LogP contribution is 2.36. The first-order valence-electron chi connectivity index (χ1n) is 5.79. The van der Waals surface area contributed by atoms with Gasteiger partial charge in [0.1, 0.15) is 0 Å². The standard InChI is InChI=1S/C15H17NS/c1-12(16)15(13-8-4-2-5-9-13)17-14-10-6-3-7-11-14/h2-12,15H,16H2,1H3/t12-,15-/m0/s1. The average Bonchev–Trinajstić information content (AvgIpc) is 2.38. The fraction of sp³-hybridized carbons (Fsp3) is 0.200. The molecule has 0 unspecified atom stereocenters. The fourth-order valence-electron chi connectivity index (χ4n) is 1.77. The molecule has 1 nitrogen and oxygen atoms in total. The first-order chi connectivity index (χ1) is 8.27. The Bertz CT molecular complexity index is 439. The summed E-state index contributed by atoms with van der Waals surface area (Å²) in [6, 6.07) is 21.0. The van der Waals surface area contributed by atoms with Gasteiger partial charge in [-0.25, -0.2) is 0 Å². The average molecular weight is 243 g/mol. The van der Waals surface area contributed by atoms with Gasteiger partial charge in [0.2, 0.25) is 0 Å². The molecule has 2 aromatic carbocycles. The second-order valence-electron chi connectivity index (χ2n) is 4.12. The summed E-state index contributed by atoms with van der Waals surface area (Å²) in [7, 11) is 0. The van der Waals surface area contributed by atoms with Gasteiger partial charge in [0.15, 0.2) is 0 Å². The van der Waals surface area contributed by atoms with E-state index in [4.69, 9.17) is 5.73 Å². The van der Waals surface area contributed by atoms with Crippen LogP contribution in [0.5, 0.6) is 0 Å². The van der Waals surface area contributed by atoms with Crippen LogP contribution in [0.3, 0.4) is 0 Å². The van der Waals surface area contributed by atoms with Gasteiger partial charge < -0.3 is 5.73 Å². The summed E-state index contributed by atoms with van der Waals surface area (Å²) >= 11 is 1.82. The highest BCUT2D eigenvalue weighted by Gasteiger charge is 2.17. The van der Waals surface area contributed by atoms with Crippen LogP contribution in [0.1, 0.15) is 17.7 Å². The summed E-state index contributed by atoms with van der Waals surface area (Å²) in [5, 5.41) is 0.304. The van der Waals surface area contributed by atoms with Crippen molar-refractivity contribution in [3.63, 3.8) is 0 Å². The zero-order valence-electron chi connectivity index (χ0n) is 9.91. The largest absolute Gasteiger partial charge is 0.327 e. The lowest BCUT2D eigenvalue weighted by Crippen LogP contribution is -2.22. The van der Waals surface area contributed by atoms with E-state index in [9.17, 15) is 0 Å². The second kappa shape index (κ2) is 5.89. The Morgan fingerprint density at radius 3 is 1.94 bits per heavy atom. The summed E-state index contributed by atoms with van der Waals surface area (Å²) in [5.74, 6) is 0. The Morgan fingerprint density at radius 1 is 0.882 bits per heavy atom. The second-order valence-corrected chi connectivity index (χ2v) is 5.34. The number of hydrogen-bond acceptors (Lipinski definition) is 2. The molecule has 2 aromatic rings. The van der Waals surface area contributed by atoms with Crippen molar-refractivity contribution in [3.05, 3.63) is 66.2 Å². The third kappa shape index (κ3) is 3.35. The predicted molar refractivity (Wildman–Crippen MR) is 75.1 cm³/mol. The monoisotopic (exact) mass is 243 g/mol. The number of benzene rings is 2. The number of hydrogen-bond donors (Lipinski definition) is 1. The minimum Gasteiger partial charge on any atom is -0.327 e. The molecule has 17 heavy (non-hydrogen) atoms. The minimum absolute atomic E-state index is 0.127. The van der Waals surface area contributed by atoms with Gasteiger partial charge in [-0.15, -0.1) is 11.8 Å². The van der Waals surface area contributed by atoms with Crippen LogP contribution in [0, 0.1) is 0 Å². The lowest BCUT2D eigenvalue weighted by Gasteiger charge is -2.20. The van der Waals surface area contributed by atoms with E-state index < -0.39 is 0 Å². The van der Waals surface area contributed by atoms with Crippen molar-refractivity contribution in [1.82, 2.24) is 0 Å². The van der Waals surface area contributed by atoms with Gasteiger partial charge in [0, 0.05) is 16.2 Å². The molecule has 0 saturated carbocycles. The van der Waals surface area contributed by atoms with Crippen LogP contribution in [0.2, 0.25) is 0 Å². The summed E-state index contributed by atoms with van der Waals surface area (Å²) in [5.41, 5.74) is 7.38. The molecule has 0 aromatic heterocycles. The summed E-state index contributed by atoms with van der Waals surface area (Å²) < 4.78 is 0. The Labute approximate surface area is 107 Å². The third-order valence-electron chi connectivity index (χ3n) is 2.61. The predicted octanol–water partition coefficient (Wildman–Crippen LogP) is 3.87. The fourth-order valence-corrected chi connectivity index (χ4v) is 2.88. The molecular weight excluding hydrogens is 226 g/mol. The van der Waals surface area contributed by atoms with Crippen LogP contribution in [0.25, 0.3) is 0 Å².